The third-order valence-electron chi connectivity index (χ3n) is 3.82. The van der Waals surface area contributed by atoms with Crippen molar-refractivity contribution in [2.45, 2.75) is 46.7 Å². The maximum atomic E-state index is 11.8. The highest BCUT2D eigenvalue weighted by Crippen LogP contribution is 2.25. The lowest BCUT2D eigenvalue weighted by Gasteiger charge is -2.14. The van der Waals surface area contributed by atoms with Gasteiger partial charge in [-0.2, -0.15) is 0 Å². The number of nitrogens with one attached hydrogen (secondary N) is 1. The molecule has 0 fully saturated rings. The van der Waals surface area contributed by atoms with E-state index in [0.717, 1.165) is 32.5 Å². The van der Waals surface area contributed by atoms with Crippen LogP contribution in [0, 0.1) is 13.8 Å². The minimum atomic E-state index is 0.148. The molecular weight excluding hydrogens is 236 g/mol. The van der Waals surface area contributed by atoms with Gasteiger partial charge < -0.3 is 5.32 Å². The highest BCUT2D eigenvalue weighted by molar-refractivity contribution is 5.78. The van der Waals surface area contributed by atoms with Gasteiger partial charge in [0.15, 0.2) is 0 Å². The first-order chi connectivity index (χ1) is 9.10. The van der Waals surface area contributed by atoms with E-state index in [4.69, 9.17) is 0 Å². The molecule has 1 aliphatic heterocycles. The zero-order valence-electron chi connectivity index (χ0n) is 12.3. The minimum Gasteiger partial charge on any atom is -0.355 e. The average molecular weight is 260 g/mol. The summed E-state index contributed by atoms with van der Waals surface area (Å²) in [6, 6.07) is 4.53. The first kappa shape index (κ1) is 14.1. The molecule has 1 amide bonds. The Balaban J connectivity index is 1.88. The second kappa shape index (κ2) is 6.20. The summed E-state index contributed by atoms with van der Waals surface area (Å²) < 4.78 is 0. The number of amides is 1. The molecule has 3 heteroatoms. The van der Waals surface area contributed by atoms with Gasteiger partial charge in [-0.1, -0.05) is 25.5 Å². The summed E-state index contributed by atoms with van der Waals surface area (Å²) in [5.41, 5.74) is 5.44. The maximum absolute atomic E-state index is 11.8. The maximum Gasteiger partial charge on any atom is 0.234 e. The predicted octanol–water partition coefficient (Wildman–Crippen LogP) is 2.54. The Labute approximate surface area is 116 Å². The van der Waals surface area contributed by atoms with Gasteiger partial charge in [0.05, 0.1) is 6.54 Å². The Kier molecular flexibility index (Phi) is 4.59. The summed E-state index contributed by atoms with van der Waals surface area (Å²) in [5.74, 6) is 0.148. The van der Waals surface area contributed by atoms with E-state index in [1.54, 1.807) is 0 Å². The molecule has 0 aromatic heterocycles. The number of benzene rings is 1. The quantitative estimate of drug-likeness (QED) is 0.825. The topological polar surface area (TPSA) is 32.3 Å². The molecule has 0 radical (unpaired) electrons. The van der Waals surface area contributed by atoms with E-state index < -0.39 is 0 Å². The Hall–Kier alpha value is -1.35. The summed E-state index contributed by atoms with van der Waals surface area (Å²) in [7, 11) is 0. The fraction of sp³-hybridized carbons (Fsp3) is 0.562. The van der Waals surface area contributed by atoms with Crippen molar-refractivity contribution in [2.75, 3.05) is 13.1 Å². The highest BCUT2D eigenvalue weighted by Gasteiger charge is 2.21. The van der Waals surface area contributed by atoms with Gasteiger partial charge in [-0.3, -0.25) is 9.69 Å². The van der Waals surface area contributed by atoms with Crippen molar-refractivity contribution in [3.8, 4) is 0 Å². The highest BCUT2D eigenvalue weighted by atomic mass is 16.2. The molecule has 3 nitrogen and oxygen atoms in total. The Morgan fingerprint density at radius 2 is 1.79 bits per heavy atom. The van der Waals surface area contributed by atoms with Gasteiger partial charge in [-0.05, 0) is 42.5 Å². The second-order valence-electron chi connectivity index (χ2n) is 5.55. The van der Waals surface area contributed by atoms with Crippen LogP contribution in [0.4, 0.5) is 0 Å². The first-order valence-electron chi connectivity index (χ1n) is 7.18. The SMILES string of the molecule is CCCCNC(=O)CN1Cc2cc(C)c(C)cc2C1. The average Bonchev–Trinajstić information content (AvgIpc) is 2.71. The number of hydrogen-bond donors (Lipinski definition) is 1. The molecule has 0 aliphatic carbocycles. The zero-order valence-corrected chi connectivity index (χ0v) is 12.3. The van der Waals surface area contributed by atoms with E-state index in [0.29, 0.717) is 6.54 Å². The molecule has 19 heavy (non-hydrogen) atoms. The van der Waals surface area contributed by atoms with Gasteiger partial charge in [-0.25, -0.2) is 0 Å². The van der Waals surface area contributed by atoms with Crippen LogP contribution in [0.15, 0.2) is 12.1 Å². The lowest BCUT2D eigenvalue weighted by atomic mass is 10.0. The van der Waals surface area contributed by atoms with Crippen LogP contribution >= 0.6 is 0 Å². The fourth-order valence-electron chi connectivity index (χ4n) is 2.54. The summed E-state index contributed by atoms with van der Waals surface area (Å²) in [4.78, 5) is 14.0. The predicted molar refractivity (Wildman–Crippen MR) is 77.9 cm³/mol. The van der Waals surface area contributed by atoms with Crippen molar-refractivity contribution >= 4 is 5.91 Å². The van der Waals surface area contributed by atoms with E-state index >= 15 is 0 Å². The van der Waals surface area contributed by atoms with Crippen LogP contribution in [0.2, 0.25) is 0 Å². The molecule has 1 aromatic carbocycles. The second-order valence-corrected chi connectivity index (χ2v) is 5.55. The van der Waals surface area contributed by atoms with E-state index in [1.807, 2.05) is 0 Å². The lowest BCUT2D eigenvalue weighted by Crippen LogP contribution is -2.35. The molecule has 0 spiro atoms. The standard InChI is InChI=1S/C16H24N2O/c1-4-5-6-17-16(19)11-18-9-14-7-12(2)13(3)8-15(14)10-18/h7-8H,4-6,9-11H2,1-3H3,(H,17,19). The van der Waals surface area contributed by atoms with E-state index in [9.17, 15) is 4.79 Å². The number of nitrogens with zero attached hydrogens (tertiary/aromatic N) is 1. The molecule has 104 valence electrons. The van der Waals surface area contributed by atoms with Gasteiger partial charge in [-0.15, -0.1) is 0 Å². The van der Waals surface area contributed by atoms with Crippen molar-refractivity contribution < 1.29 is 4.79 Å². The number of fused-ring (bicyclic) bond motifs is 1. The summed E-state index contributed by atoms with van der Waals surface area (Å²) in [5, 5.41) is 2.98. The number of unbranched alkanes of at least 4 members (excludes halogenated alkanes) is 1. The normalized spacial score (nSPS) is 14.5. The largest absolute Gasteiger partial charge is 0.355 e. The molecule has 1 heterocycles. The number of carbonyl (C=O) groups is 1. The van der Waals surface area contributed by atoms with Gasteiger partial charge in [0.25, 0.3) is 0 Å². The van der Waals surface area contributed by atoms with Gasteiger partial charge in [0.2, 0.25) is 5.91 Å². The van der Waals surface area contributed by atoms with Crippen LogP contribution in [0.3, 0.4) is 0 Å². The van der Waals surface area contributed by atoms with E-state index in [2.05, 4.69) is 43.1 Å². The molecule has 0 saturated heterocycles. The first-order valence-corrected chi connectivity index (χ1v) is 7.18. The molecule has 0 saturated carbocycles. The smallest absolute Gasteiger partial charge is 0.234 e. The van der Waals surface area contributed by atoms with Gasteiger partial charge in [0, 0.05) is 19.6 Å². The molecule has 0 bridgehead atoms. The molecule has 2 rings (SSSR count). The van der Waals surface area contributed by atoms with Gasteiger partial charge >= 0.3 is 0 Å². The summed E-state index contributed by atoms with van der Waals surface area (Å²) in [6.07, 6.45) is 2.18. The fourth-order valence-corrected chi connectivity index (χ4v) is 2.54. The Bertz CT molecular complexity index is 437. The third kappa shape index (κ3) is 3.57. The molecule has 1 aliphatic rings. The van der Waals surface area contributed by atoms with Crippen LogP contribution < -0.4 is 5.32 Å². The van der Waals surface area contributed by atoms with E-state index in [1.165, 1.54) is 22.3 Å². The zero-order chi connectivity index (χ0) is 13.8. The molecule has 1 N–H and O–H groups in total. The number of carbonyl (C=O) groups excluding carboxylic acids is 1. The molecule has 0 unspecified atom stereocenters. The van der Waals surface area contributed by atoms with E-state index in [-0.39, 0.29) is 5.91 Å². The molecule has 0 atom stereocenters. The Morgan fingerprint density at radius 3 is 2.32 bits per heavy atom. The van der Waals surface area contributed by atoms with Crippen LogP contribution in [0.1, 0.15) is 42.0 Å². The summed E-state index contributed by atoms with van der Waals surface area (Å²) in [6.45, 7) is 9.54. The van der Waals surface area contributed by atoms with Crippen LogP contribution in [0.5, 0.6) is 0 Å². The number of hydrogen-bond acceptors (Lipinski definition) is 2. The van der Waals surface area contributed by atoms with Crippen molar-refractivity contribution in [1.82, 2.24) is 10.2 Å². The minimum absolute atomic E-state index is 0.148. The van der Waals surface area contributed by atoms with Gasteiger partial charge in [0.1, 0.15) is 0 Å². The van der Waals surface area contributed by atoms with Crippen molar-refractivity contribution in [3.05, 3.63) is 34.4 Å². The number of aryl methyl sites for hydroxylation is 2. The molecular formula is C16H24N2O. The summed E-state index contributed by atoms with van der Waals surface area (Å²) >= 11 is 0. The van der Waals surface area contributed by atoms with Crippen molar-refractivity contribution in [2.24, 2.45) is 0 Å². The Morgan fingerprint density at radius 1 is 1.21 bits per heavy atom. The lowest BCUT2D eigenvalue weighted by molar-refractivity contribution is -0.122. The van der Waals surface area contributed by atoms with Crippen LogP contribution in [-0.4, -0.2) is 23.9 Å². The van der Waals surface area contributed by atoms with Crippen LogP contribution in [-0.2, 0) is 17.9 Å². The monoisotopic (exact) mass is 260 g/mol. The van der Waals surface area contributed by atoms with Crippen molar-refractivity contribution in [3.63, 3.8) is 0 Å². The molecule has 1 aromatic rings. The van der Waals surface area contributed by atoms with Crippen molar-refractivity contribution in [1.29, 1.82) is 0 Å². The third-order valence-corrected chi connectivity index (χ3v) is 3.82. The van der Waals surface area contributed by atoms with Crippen LogP contribution in [0.25, 0.3) is 0 Å². The number of rotatable bonds is 5.